The van der Waals surface area contributed by atoms with Crippen LogP contribution in [0.3, 0.4) is 0 Å². The van der Waals surface area contributed by atoms with Crippen molar-refractivity contribution in [1.29, 1.82) is 0 Å². The van der Waals surface area contributed by atoms with E-state index in [2.05, 4.69) is 296 Å². The van der Waals surface area contributed by atoms with Crippen molar-refractivity contribution < 1.29 is 4.42 Å². The van der Waals surface area contributed by atoms with Gasteiger partial charge >= 0.3 is 0 Å². The summed E-state index contributed by atoms with van der Waals surface area (Å²) in [5.41, 5.74) is 33.3. The monoisotopic (exact) mass is 1080 g/mol. The highest BCUT2D eigenvalue weighted by atomic mass is 16.3. The first kappa shape index (κ1) is 46.8. The summed E-state index contributed by atoms with van der Waals surface area (Å²) in [4.78, 5) is 2.44. The fourth-order valence-corrected chi connectivity index (χ4v) is 16.4. The molecule has 13 aromatic carbocycles. The molecule has 19 rings (SSSR count). The minimum Gasteiger partial charge on any atom is -0.455 e. The van der Waals surface area contributed by atoms with Crippen molar-refractivity contribution in [2.24, 2.45) is 0 Å². The predicted molar refractivity (Wildman–Crippen MR) is 350 cm³/mol. The zero-order chi connectivity index (χ0) is 55.9. The standard InChI is InChI=1S/C82H52N2O/c1-49-30-42-76-66(44-49)67-45-50(2)46-75-79(67)84(76)77-43-35-53(47-74(77)82(75)70-26-11-5-18-60(70)61-19-6-12-27-71(61)82)51-31-36-54(37-32-51)83(55-38-33-52(34-39-55)57-22-15-23-64-63-21-8-14-29-78(63)85-80(57)64)56-40-41-73-65(48-56)62-20-7-13-28-72(62)81(73)68-24-9-3-16-58(68)59-17-4-10-25-69(59)81/h3-48H,1-2H3. The van der Waals surface area contributed by atoms with Crippen LogP contribution in [0.25, 0.3) is 105 Å². The van der Waals surface area contributed by atoms with E-state index in [-0.39, 0.29) is 0 Å². The van der Waals surface area contributed by atoms with E-state index in [4.69, 9.17) is 4.42 Å². The van der Waals surface area contributed by atoms with Crippen LogP contribution >= 0.6 is 0 Å². The van der Waals surface area contributed by atoms with Gasteiger partial charge in [0.2, 0.25) is 0 Å². The topological polar surface area (TPSA) is 21.3 Å². The van der Waals surface area contributed by atoms with Crippen molar-refractivity contribution >= 4 is 60.8 Å². The lowest BCUT2D eigenvalue weighted by Crippen LogP contribution is -2.33. The molecule has 396 valence electrons. The Labute approximate surface area is 492 Å². The summed E-state index contributed by atoms with van der Waals surface area (Å²) < 4.78 is 9.15. The van der Waals surface area contributed by atoms with Gasteiger partial charge in [-0.05, 0) is 181 Å². The van der Waals surface area contributed by atoms with Crippen LogP contribution in [0.4, 0.5) is 17.1 Å². The molecule has 3 aliphatic carbocycles. The second-order valence-corrected chi connectivity index (χ2v) is 24.0. The molecule has 0 saturated heterocycles. The van der Waals surface area contributed by atoms with Crippen LogP contribution in [-0.2, 0) is 10.8 Å². The van der Waals surface area contributed by atoms with Crippen LogP contribution in [0.1, 0.15) is 55.6 Å². The van der Waals surface area contributed by atoms with Crippen molar-refractivity contribution in [1.82, 2.24) is 4.57 Å². The van der Waals surface area contributed by atoms with E-state index in [1.807, 2.05) is 6.07 Å². The molecular formula is C82H52N2O. The van der Waals surface area contributed by atoms with Crippen molar-refractivity contribution in [2.45, 2.75) is 24.7 Å². The van der Waals surface area contributed by atoms with Crippen molar-refractivity contribution in [3.8, 4) is 61.3 Å². The molecule has 3 heteroatoms. The SMILES string of the molecule is Cc1ccc2c(c1)c1cc(C)cc3c1n2-c1ccc(-c2ccc(N(c4ccc(-c5cccc6c5oc5ccccc56)cc4)c4ccc5c(c4)-c4ccccc4C54c5ccccc5-c5ccccc54)cc2)cc1C31c2ccccc2-c2ccccc21. The van der Waals surface area contributed by atoms with E-state index in [0.717, 1.165) is 55.7 Å². The van der Waals surface area contributed by atoms with E-state index in [0.29, 0.717) is 0 Å². The summed E-state index contributed by atoms with van der Waals surface area (Å²) in [6.45, 7) is 4.49. The molecule has 0 amide bonds. The Balaban J connectivity index is 0.795. The van der Waals surface area contributed by atoms with Crippen LogP contribution in [0.2, 0.25) is 0 Å². The average Bonchev–Trinajstić information content (AvgIpc) is 1.58. The summed E-state index contributed by atoms with van der Waals surface area (Å²) in [7, 11) is 0. The number of anilines is 3. The summed E-state index contributed by atoms with van der Waals surface area (Å²) in [6.07, 6.45) is 0. The molecule has 0 atom stereocenters. The molecule has 0 fully saturated rings. The van der Waals surface area contributed by atoms with E-state index in [1.54, 1.807) is 0 Å². The summed E-state index contributed by atoms with van der Waals surface area (Å²) in [5.74, 6) is 0. The molecule has 0 N–H and O–H groups in total. The van der Waals surface area contributed by atoms with Gasteiger partial charge < -0.3 is 13.9 Å². The number of hydrogen-bond acceptors (Lipinski definition) is 2. The summed E-state index contributed by atoms with van der Waals surface area (Å²) in [6, 6.07) is 105. The number of aromatic nitrogens is 1. The van der Waals surface area contributed by atoms with Gasteiger partial charge in [0.15, 0.2) is 0 Å². The van der Waals surface area contributed by atoms with E-state index < -0.39 is 10.8 Å². The van der Waals surface area contributed by atoms with E-state index in [1.165, 1.54) is 122 Å². The fraction of sp³-hybridized carbons (Fsp3) is 0.0488. The maximum atomic E-state index is 6.58. The average molecular weight is 1080 g/mol. The Morgan fingerprint density at radius 3 is 1.44 bits per heavy atom. The molecule has 0 bridgehead atoms. The molecule has 4 aliphatic rings. The highest BCUT2D eigenvalue weighted by molar-refractivity contribution is 6.14. The Hall–Kier alpha value is -10.7. The van der Waals surface area contributed by atoms with Gasteiger partial charge in [0, 0.05) is 44.2 Å². The normalized spacial score (nSPS) is 14.0. The van der Waals surface area contributed by atoms with Crippen LogP contribution < -0.4 is 4.90 Å². The molecule has 15 aromatic rings. The van der Waals surface area contributed by atoms with Crippen LogP contribution in [0.15, 0.2) is 283 Å². The molecule has 0 saturated carbocycles. The van der Waals surface area contributed by atoms with Gasteiger partial charge in [-0.3, -0.25) is 0 Å². The van der Waals surface area contributed by atoms with Gasteiger partial charge in [0.1, 0.15) is 11.2 Å². The third kappa shape index (κ3) is 6.04. The Morgan fingerprint density at radius 1 is 0.306 bits per heavy atom. The summed E-state index contributed by atoms with van der Waals surface area (Å²) >= 11 is 0. The number of hydrogen-bond donors (Lipinski definition) is 0. The van der Waals surface area contributed by atoms with Gasteiger partial charge in [-0.15, -0.1) is 0 Å². The molecule has 2 spiro atoms. The molecule has 3 heterocycles. The molecule has 2 aromatic heterocycles. The number of furan rings is 1. The van der Waals surface area contributed by atoms with Crippen molar-refractivity contribution in [3.63, 3.8) is 0 Å². The predicted octanol–water partition coefficient (Wildman–Crippen LogP) is 21.1. The third-order valence-electron chi connectivity index (χ3n) is 19.7. The number of fused-ring (bicyclic) bond motifs is 25. The minimum absolute atomic E-state index is 0.431. The lowest BCUT2D eigenvalue weighted by Gasteiger charge is -2.40. The van der Waals surface area contributed by atoms with E-state index >= 15 is 0 Å². The molecule has 3 nitrogen and oxygen atoms in total. The lowest BCUT2D eigenvalue weighted by atomic mass is 9.65. The fourth-order valence-electron chi connectivity index (χ4n) is 16.4. The summed E-state index contributed by atoms with van der Waals surface area (Å²) in [5, 5.41) is 4.86. The first-order valence-corrected chi connectivity index (χ1v) is 29.7. The van der Waals surface area contributed by atoms with Crippen LogP contribution in [0.5, 0.6) is 0 Å². The van der Waals surface area contributed by atoms with Gasteiger partial charge in [-0.25, -0.2) is 0 Å². The van der Waals surface area contributed by atoms with Crippen molar-refractivity contribution in [2.75, 3.05) is 4.90 Å². The first-order chi connectivity index (χ1) is 42.0. The lowest BCUT2D eigenvalue weighted by molar-refractivity contribution is 0.670. The zero-order valence-electron chi connectivity index (χ0n) is 46.9. The number of benzene rings is 13. The van der Waals surface area contributed by atoms with Gasteiger partial charge in [0.25, 0.3) is 0 Å². The number of para-hydroxylation sites is 2. The van der Waals surface area contributed by atoms with Gasteiger partial charge in [-0.1, -0.05) is 217 Å². The van der Waals surface area contributed by atoms with Crippen LogP contribution in [-0.4, -0.2) is 4.57 Å². The quantitative estimate of drug-likeness (QED) is 0.171. The van der Waals surface area contributed by atoms with Crippen LogP contribution in [0, 0.1) is 13.8 Å². The number of rotatable bonds is 5. The second-order valence-electron chi connectivity index (χ2n) is 24.0. The molecule has 1 aliphatic heterocycles. The maximum absolute atomic E-state index is 6.58. The number of nitrogens with zero attached hydrogens (tertiary/aromatic N) is 2. The highest BCUT2D eigenvalue weighted by Crippen LogP contribution is 2.64. The Bertz CT molecular complexity index is 5310. The molecule has 0 radical (unpaired) electrons. The molecule has 0 unspecified atom stereocenters. The van der Waals surface area contributed by atoms with Gasteiger partial charge in [-0.2, -0.15) is 0 Å². The Kier molecular flexibility index (Phi) is 9.33. The Morgan fingerprint density at radius 2 is 0.800 bits per heavy atom. The smallest absolute Gasteiger partial charge is 0.143 e. The van der Waals surface area contributed by atoms with Gasteiger partial charge in [0.05, 0.1) is 27.6 Å². The molecular weight excluding hydrogens is 1030 g/mol. The first-order valence-electron chi connectivity index (χ1n) is 29.7. The second kappa shape index (κ2) is 16.9. The minimum atomic E-state index is -0.547. The maximum Gasteiger partial charge on any atom is 0.143 e. The zero-order valence-corrected chi connectivity index (χ0v) is 46.9. The van der Waals surface area contributed by atoms with Crippen molar-refractivity contribution in [3.05, 3.63) is 335 Å². The molecule has 85 heavy (non-hydrogen) atoms. The highest BCUT2D eigenvalue weighted by Gasteiger charge is 2.53. The number of aryl methyl sites for hydroxylation is 2. The van der Waals surface area contributed by atoms with E-state index in [9.17, 15) is 0 Å². The third-order valence-corrected chi connectivity index (χ3v) is 19.7. The largest absolute Gasteiger partial charge is 0.455 e.